The van der Waals surface area contributed by atoms with Gasteiger partial charge in [0.25, 0.3) is 0 Å². The van der Waals surface area contributed by atoms with Crippen molar-refractivity contribution in [3.8, 4) is 6.07 Å². The van der Waals surface area contributed by atoms with Crippen molar-refractivity contribution in [3.05, 3.63) is 54.6 Å². The molecule has 0 amide bonds. The van der Waals surface area contributed by atoms with Gasteiger partial charge in [0, 0.05) is 30.9 Å². The first-order valence-corrected chi connectivity index (χ1v) is 6.36. The van der Waals surface area contributed by atoms with Gasteiger partial charge in [0.05, 0.1) is 23.5 Å². The van der Waals surface area contributed by atoms with E-state index in [0.29, 0.717) is 5.56 Å². The largest absolute Gasteiger partial charge is 0.368 e. The van der Waals surface area contributed by atoms with Crippen LogP contribution in [0.15, 0.2) is 49.1 Å². The standard InChI is InChI=1S/C15H13N5/c16-10-12-1-3-14-13(9-12)2-4-15(19-14)18-6-8-20-7-5-17-11-20/h1-5,7,9,11H,6,8H2,(H,18,19). The maximum atomic E-state index is 8.87. The number of imidazole rings is 1. The van der Waals surface area contributed by atoms with Crippen molar-refractivity contribution in [1.29, 1.82) is 5.26 Å². The molecule has 0 aliphatic carbocycles. The van der Waals surface area contributed by atoms with Crippen LogP contribution in [0, 0.1) is 11.3 Å². The fourth-order valence-electron chi connectivity index (χ4n) is 2.03. The van der Waals surface area contributed by atoms with Crippen LogP contribution in [0.1, 0.15) is 5.56 Å². The Bertz CT molecular complexity index is 756. The summed E-state index contributed by atoms with van der Waals surface area (Å²) < 4.78 is 2.01. The van der Waals surface area contributed by atoms with Gasteiger partial charge in [-0.1, -0.05) is 0 Å². The second-order valence-electron chi connectivity index (χ2n) is 4.44. The molecule has 3 rings (SSSR count). The first kappa shape index (κ1) is 12.2. The van der Waals surface area contributed by atoms with Crippen LogP contribution in [0.25, 0.3) is 10.9 Å². The Hall–Kier alpha value is -2.87. The summed E-state index contributed by atoms with van der Waals surface area (Å²) in [4.78, 5) is 8.52. The van der Waals surface area contributed by atoms with Gasteiger partial charge in [0.2, 0.25) is 0 Å². The van der Waals surface area contributed by atoms with Crippen LogP contribution in [-0.4, -0.2) is 21.1 Å². The molecule has 3 aromatic rings. The van der Waals surface area contributed by atoms with E-state index in [4.69, 9.17) is 5.26 Å². The zero-order valence-electron chi connectivity index (χ0n) is 10.8. The highest BCUT2D eigenvalue weighted by Gasteiger charge is 1.99. The van der Waals surface area contributed by atoms with Crippen molar-refractivity contribution in [1.82, 2.24) is 14.5 Å². The average molecular weight is 263 g/mol. The van der Waals surface area contributed by atoms with Crippen LogP contribution in [0.4, 0.5) is 5.82 Å². The number of hydrogen-bond acceptors (Lipinski definition) is 4. The number of anilines is 1. The predicted molar refractivity (Wildman–Crippen MR) is 77.2 cm³/mol. The highest BCUT2D eigenvalue weighted by atomic mass is 15.1. The molecule has 0 spiro atoms. The van der Waals surface area contributed by atoms with Crippen LogP contribution in [-0.2, 0) is 6.54 Å². The molecule has 0 unspecified atom stereocenters. The van der Waals surface area contributed by atoms with Crippen molar-refractivity contribution >= 4 is 16.7 Å². The normalized spacial score (nSPS) is 10.3. The Morgan fingerprint density at radius 1 is 1.25 bits per heavy atom. The SMILES string of the molecule is N#Cc1ccc2nc(NCCn3ccnc3)ccc2c1. The van der Waals surface area contributed by atoms with Crippen LogP contribution in [0.2, 0.25) is 0 Å². The van der Waals surface area contributed by atoms with Crippen molar-refractivity contribution in [2.45, 2.75) is 6.54 Å². The minimum atomic E-state index is 0.653. The summed E-state index contributed by atoms with van der Waals surface area (Å²) in [7, 11) is 0. The molecule has 0 saturated heterocycles. The molecule has 0 atom stereocenters. The molecular weight excluding hydrogens is 250 g/mol. The van der Waals surface area contributed by atoms with Gasteiger partial charge >= 0.3 is 0 Å². The zero-order valence-corrected chi connectivity index (χ0v) is 10.8. The molecule has 20 heavy (non-hydrogen) atoms. The Kier molecular flexibility index (Phi) is 3.29. The second kappa shape index (κ2) is 5.41. The van der Waals surface area contributed by atoms with Gasteiger partial charge in [-0.15, -0.1) is 0 Å². The molecule has 0 bridgehead atoms. The van der Waals surface area contributed by atoms with Gasteiger partial charge in [-0.25, -0.2) is 9.97 Å². The molecule has 0 aliphatic rings. The summed E-state index contributed by atoms with van der Waals surface area (Å²) in [6.45, 7) is 1.62. The summed E-state index contributed by atoms with van der Waals surface area (Å²) in [5.74, 6) is 0.835. The molecule has 98 valence electrons. The first-order valence-electron chi connectivity index (χ1n) is 6.36. The van der Waals surface area contributed by atoms with Gasteiger partial charge in [0.15, 0.2) is 0 Å². The lowest BCUT2D eigenvalue weighted by molar-refractivity contribution is 0.725. The summed E-state index contributed by atoms with van der Waals surface area (Å²) in [6, 6.07) is 11.5. The number of benzene rings is 1. The number of fused-ring (bicyclic) bond motifs is 1. The van der Waals surface area contributed by atoms with E-state index in [-0.39, 0.29) is 0 Å². The molecule has 2 aromatic heterocycles. The second-order valence-corrected chi connectivity index (χ2v) is 4.44. The van der Waals surface area contributed by atoms with E-state index in [1.807, 2.05) is 35.0 Å². The highest BCUT2D eigenvalue weighted by Crippen LogP contribution is 2.16. The van der Waals surface area contributed by atoms with Gasteiger partial charge < -0.3 is 9.88 Å². The third kappa shape index (κ3) is 2.59. The summed E-state index contributed by atoms with van der Waals surface area (Å²) >= 11 is 0. The lowest BCUT2D eigenvalue weighted by atomic mass is 10.1. The lowest BCUT2D eigenvalue weighted by Gasteiger charge is -2.07. The van der Waals surface area contributed by atoms with Crippen LogP contribution in [0.5, 0.6) is 0 Å². The molecule has 5 heteroatoms. The van der Waals surface area contributed by atoms with Gasteiger partial charge in [-0.3, -0.25) is 0 Å². The Balaban J connectivity index is 1.71. The van der Waals surface area contributed by atoms with E-state index in [1.54, 1.807) is 18.6 Å². The third-order valence-electron chi connectivity index (χ3n) is 3.05. The number of rotatable bonds is 4. The minimum absolute atomic E-state index is 0.653. The highest BCUT2D eigenvalue weighted by molar-refractivity contribution is 5.81. The van der Waals surface area contributed by atoms with Gasteiger partial charge in [-0.2, -0.15) is 5.26 Å². The number of nitriles is 1. The number of nitrogens with zero attached hydrogens (tertiary/aromatic N) is 4. The summed E-state index contributed by atoms with van der Waals surface area (Å²) in [6.07, 6.45) is 5.49. The third-order valence-corrected chi connectivity index (χ3v) is 3.05. The monoisotopic (exact) mass is 263 g/mol. The molecule has 0 radical (unpaired) electrons. The van der Waals surface area contributed by atoms with E-state index in [1.165, 1.54) is 0 Å². The summed E-state index contributed by atoms with van der Waals surface area (Å²) in [5.41, 5.74) is 1.54. The number of aromatic nitrogens is 3. The van der Waals surface area contributed by atoms with E-state index >= 15 is 0 Å². The molecular formula is C15H13N5. The van der Waals surface area contributed by atoms with E-state index in [9.17, 15) is 0 Å². The maximum Gasteiger partial charge on any atom is 0.126 e. The van der Waals surface area contributed by atoms with Crippen molar-refractivity contribution < 1.29 is 0 Å². The fourth-order valence-corrected chi connectivity index (χ4v) is 2.03. The Morgan fingerprint density at radius 2 is 2.20 bits per heavy atom. The number of pyridine rings is 1. The van der Waals surface area contributed by atoms with Crippen molar-refractivity contribution in [2.75, 3.05) is 11.9 Å². The van der Waals surface area contributed by atoms with Gasteiger partial charge in [0.1, 0.15) is 5.82 Å². The molecule has 5 nitrogen and oxygen atoms in total. The molecule has 1 N–H and O–H groups in total. The van der Waals surface area contributed by atoms with E-state index in [2.05, 4.69) is 21.4 Å². The van der Waals surface area contributed by atoms with Crippen LogP contribution >= 0.6 is 0 Å². The first-order chi connectivity index (χ1) is 9.85. The molecule has 0 saturated carbocycles. The average Bonchev–Trinajstić information content (AvgIpc) is 3.00. The minimum Gasteiger partial charge on any atom is -0.368 e. The summed E-state index contributed by atoms with van der Waals surface area (Å²) in [5, 5.41) is 13.1. The van der Waals surface area contributed by atoms with Crippen molar-refractivity contribution in [3.63, 3.8) is 0 Å². The topological polar surface area (TPSA) is 66.5 Å². The van der Waals surface area contributed by atoms with Crippen LogP contribution < -0.4 is 5.32 Å². The fraction of sp³-hybridized carbons (Fsp3) is 0.133. The lowest BCUT2D eigenvalue weighted by Crippen LogP contribution is -2.10. The number of nitrogens with one attached hydrogen (secondary N) is 1. The van der Waals surface area contributed by atoms with Gasteiger partial charge in [-0.05, 0) is 30.3 Å². The molecule has 2 heterocycles. The smallest absolute Gasteiger partial charge is 0.126 e. The quantitative estimate of drug-likeness (QED) is 0.785. The Labute approximate surface area is 116 Å². The molecule has 0 aliphatic heterocycles. The van der Waals surface area contributed by atoms with E-state index < -0.39 is 0 Å². The molecule has 1 aromatic carbocycles. The predicted octanol–water partition coefficient (Wildman–Crippen LogP) is 2.42. The molecule has 0 fully saturated rings. The van der Waals surface area contributed by atoms with Crippen molar-refractivity contribution in [2.24, 2.45) is 0 Å². The number of hydrogen-bond donors (Lipinski definition) is 1. The van der Waals surface area contributed by atoms with E-state index in [0.717, 1.165) is 29.8 Å². The zero-order chi connectivity index (χ0) is 13.8. The van der Waals surface area contributed by atoms with Crippen LogP contribution in [0.3, 0.4) is 0 Å². The Morgan fingerprint density at radius 3 is 3.00 bits per heavy atom. The maximum absolute atomic E-state index is 8.87.